The Bertz CT molecular complexity index is 1310. The van der Waals surface area contributed by atoms with Gasteiger partial charge in [0.05, 0.1) is 46.4 Å². The maximum absolute atomic E-state index is 12.9. The molecule has 0 saturated carbocycles. The smallest absolute Gasteiger partial charge is 0.306 e. The van der Waals surface area contributed by atoms with Gasteiger partial charge < -0.3 is 9.13 Å². The largest absolute Gasteiger partial charge is 0.418 e. The van der Waals surface area contributed by atoms with E-state index in [-0.39, 0.29) is 6.07 Å². The lowest BCUT2D eigenvalue weighted by Crippen LogP contribution is -2.14. The molecular weight excluding hydrogens is 503 g/mol. The normalized spacial score (nSPS) is 12.3. The first-order valence-electron chi connectivity index (χ1n) is 10.0. The van der Waals surface area contributed by atoms with Crippen LogP contribution in [-0.2, 0) is 18.5 Å². The molecule has 0 atom stereocenters. The molecule has 0 aliphatic carbocycles. The van der Waals surface area contributed by atoms with Crippen LogP contribution >= 0.6 is 0 Å². The zero-order valence-electron chi connectivity index (χ0n) is 18.5. The van der Waals surface area contributed by atoms with E-state index in [9.17, 15) is 39.5 Å². The van der Waals surface area contributed by atoms with Crippen LogP contribution in [0, 0.1) is 13.8 Å². The van der Waals surface area contributed by atoms with Crippen molar-refractivity contribution >= 4 is 0 Å². The van der Waals surface area contributed by atoms with Gasteiger partial charge in [-0.05, 0) is 56.3 Å². The third-order valence-corrected chi connectivity index (χ3v) is 4.82. The lowest BCUT2D eigenvalue weighted by atomic mass is 10.1. The fourth-order valence-corrected chi connectivity index (χ4v) is 3.10. The molecule has 4 rings (SSSR count). The maximum Gasteiger partial charge on any atom is 0.418 e. The molecule has 0 fully saturated rings. The van der Waals surface area contributed by atoms with Crippen LogP contribution in [0.3, 0.4) is 0 Å². The fraction of sp³-hybridized carbons (Fsp3) is 0.217. The highest BCUT2D eigenvalue weighted by molar-refractivity contribution is 5.46. The molecule has 4 aromatic rings. The molecule has 2 aromatic heterocycles. The summed E-state index contributed by atoms with van der Waals surface area (Å²) in [6.07, 6.45) is -8.27. The van der Waals surface area contributed by atoms with E-state index in [0.29, 0.717) is 17.4 Å². The molecule has 0 aliphatic rings. The standard InChI is InChI=1S/C12H8F6N2.C11H9F3N2/c1-7-5-20(6-19-7)10-3-2-8(11(13,14)15)4-9(10)12(16,17)18;1-8-6-16(7-15-8)10-4-2-9(3-5-10)11(12,13)14/h2-6H,1H3;2-7H,1H3. The first-order chi connectivity index (χ1) is 16.6. The highest BCUT2D eigenvalue weighted by Gasteiger charge is 2.38. The Morgan fingerprint density at radius 2 is 1.06 bits per heavy atom. The third kappa shape index (κ3) is 6.46. The third-order valence-electron chi connectivity index (χ3n) is 4.82. The van der Waals surface area contributed by atoms with E-state index in [1.807, 2.05) is 6.92 Å². The van der Waals surface area contributed by atoms with E-state index in [2.05, 4.69) is 9.97 Å². The average molecular weight is 520 g/mol. The van der Waals surface area contributed by atoms with Crippen molar-refractivity contribution in [3.8, 4) is 11.4 Å². The van der Waals surface area contributed by atoms with E-state index < -0.39 is 40.9 Å². The molecule has 2 heterocycles. The number of aromatic nitrogens is 4. The summed E-state index contributed by atoms with van der Waals surface area (Å²) in [5.41, 5.74) is -1.80. The molecule has 4 nitrogen and oxygen atoms in total. The van der Waals surface area contributed by atoms with Gasteiger partial charge in [0.2, 0.25) is 0 Å². The number of aryl methyl sites for hydroxylation is 2. The predicted molar refractivity (Wildman–Crippen MR) is 112 cm³/mol. The number of hydrogen-bond donors (Lipinski definition) is 0. The second-order valence-electron chi connectivity index (χ2n) is 7.62. The molecule has 0 unspecified atom stereocenters. The highest BCUT2D eigenvalue weighted by atomic mass is 19.4. The van der Waals surface area contributed by atoms with Crippen molar-refractivity contribution < 1.29 is 39.5 Å². The van der Waals surface area contributed by atoms with E-state index in [1.54, 1.807) is 24.0 Å². The SMILES string of the molecule is Cc1cn(-c2ccc(C(F)(F)F)cc2)cn1.Cc1cn(-c2ccc(C(F)(F)F)cc2C(F)(F)F)cn1. The number of imidazole rings is 2. The first kappa shape index (κ1) is 26.8. The summed E-state index contributed by atoms with van der Waals surface area (Å²) < 4.78 is 116. The van der Waals surface area contributed by atoms with Gasteiger partial charge in [-0.2, -0.15) is 39.5 Å². The Morgan fingerprint density at radius 1 is 0.583 bits per heavy atom. The number of hydrogen-bond acceptors (Lipinski definition) is 2. The van der Waals surface area contributed by atoms with Gasteiger partial charge in [0, 0.05) is 18.1 Å². The number of halogens is 9. The molecule has 192 valence electrons. The van der Waals surface area contributed by atoms with Crippen LogP contribution in [0.1, 0.15) is 28.1 Å². The number of alkyl halides is 9. The summed E-state index contributed by atoms with van der Waals surface area (Å²) in [6, 6.07) is 6.46. The van der Waals surface area contributed by atoms with Crippen molar-refractivity contribution in [1.82, 2.24) is 19.1 Å². The van der Waals surface area contributed by atoms with Crippen LogP contribution in [0.15, 0.2) is 67.5 Å². The van der Waals surface area contributed by atoms with Gasteiger partial charge in [0.1, 0.15) is 0 Å². The fourth-order valence-electron chi connectivity index (χ4n) is 3.10. The van der Waals surface area contributed by atoms with Crippen LogP contribution < -0.4 is 0 Å². The van der Waals surface area contributed by atoms with Gasteiger partial charge >= 0.3 is 18.5 Å². The van der Waals surface area contributed by atoms with Crippen molar-refractivity contribution in [2.45, 2.75) is 32.4 Å². The van der Waals surface area contributed by atoms with Gasteiger partial charge in [-0.3, -0.25) is 0 Å². The molecule has 0 aliphatic heterocycles. The summed E-state index contributed by atoms with van der Waals surface area (Å²) in [4.78, 5) is 7.77. The van der Waals surface area contributed by atoms with Crippen molar-refractivity contribution in [3.63, 3.8) is 0 Å². The minimum Gasteiger partial charge on any atom is -0.306 e. The van der Waals surface area contributed by atoms with Crippen LogP contribution in [0.25, 0.3) is 11.4 Å². The zero-order valence-corrected chi connectivity index (χ0v) is 18.5. The Balaban J connectivity index is 0.000000205. The molecule has 2 aromatic carbocycles. The topological polar surface area (TPSA) is 35.6 Å². The van der Waals surface area contributed by atoms with Gasteiger partial charge in [-0.25, -0.2) is 9.97 Å². The van der Waals surface area contributed by atoms with Crippen LogP contribution in [-0.4, -0.2) is 19.1 Å². The summed E-state index contributed by atoms with van der Waals surface area (Å²) >= 11 is 0. The summed E-state index contributed by atoms with van der Waals surface area (Å²) in [7, 11) is 0. The van der Waals surface area contributed by atoms with Crippen molar-refractivity contribution in [3.05, 3.63) is 95.6 Å². The quantitative estimate of drug-likeness (QED) is 0.258. The average Bonchev–Trinajstić information content (AvgIpc) is 3.40. The Hall–Kier alpha value is -3.77. The summed E-state index contributed by atoms with van der Waals surface area (Å²) in [5, 5.41) is 0. The molecule has 0 saturated heterocycles. The lowest BCUT2D eigenvalue weighted by molar-refractivity contribution is -0.143. The van der Waals surface area contributed by atoms with E-state index >= 15 is 0 Å². The van der Waals surface area contributed by atoms with E-state index in [1.165, 1.54) is 18.3 Å². The predicted octanol–water partition coefficient (Wildman–Crippen LogP) is 7.42. The van der Waals surface area contributed by atoms with Crippen molar-refractivity contribution in [2.75, 3.05) is 0 Å². The maximum atomic E-state index is 12.9. The van der Waals surface area contributed by atoms with Crippen LogP contribution in [0.5, 0.6) is 0 Å². The first-order valence-corrected chi connectivity index (χ1v) is 10.0. The second kappa shape index (κ2) is 9.70. The molecular formula is C23H17F9N4. The van der Waals surface area contributed by atoms with Gasteiger partial charge in [-0.15, -0.1) is 0 Å². The number of nitrogens with zero attached hydrogens (tertiary/aromatic N) is 4. The van der Waals surface area contributed by atoms with Crippen LogP contribution in [0.2, 0.25) is 0 Å². The lowest BCUT2D eigenvalue weighted by Gasteiger charge is -2.16. The van der Waals surface area contributed by atoms with E-state index in [4.69, 9.17) is 0 Å². The van der Waals surface area contributed by atoms with Crippen molar-refractivity contribution in [2.24, 2.45) is 0 Å². The molecule has 0 radical (unpaired) electrons. The summed E-state index contributed by atoms with van der Waals surface area (Å²) in [5.74, 6) is 0. The highest BCUT2D eigenvalue weighted by Crippen LogP contribution is 2.38. The number of rotatable bonds is 2. The molecule has 13 heteroatoms. The molecule has 0 bridgehead atoms. The molecule has 36 heavy (non-hydrogen) atoms. The van der Waals surface area contributed by atoms with Crippen LogP contribution in [0.4, 0.5) is 39.5 Å². The second-order valence-corrected chi connectivity index (χ2v) is 7.62. The monoisotopic (exact) mass is 520 g/mol. The minimum atomic E-state index is -4.89. The number of benzene rings is 2. The Labute approximate surface area is 198 Å². The molecule has 0 amide bonds. The Morgan fingerprint density at radius 3 is 1.47 bits per heavy atom. The van der Waals surface area contributed by atoms with Gasteiger partial charge in [-0.1, -0.05) is 0 Å². The van der Waals surface area contributed by atoms with Gasteiger partial charge in [0.15, 0.2) is 0 Å². The summed E-state index contributed by atoms with van der Waals surface area (Å²) in [6.45, 7) is 3.38. The van der Waals surface area contributed by atoms with Gasteiger partial charge in [0.25, 0.3) is 0 Å². The van der Waals surface area contributed by atoms with Crippen molar-refractivity contribution in [1.29, 1.82) is 0 Å². The molecule has 0 spiro atoms. The zero-order chi connectivity index (χ0) is 26.9. The molecule has 0 N–H and O–H groups in total. The minimum absolute atomic E-state index is 0.102. The Kier molecular flexibility index (Phi) is 7.23. The van der Waals surface area contributed by atoms with E-state index in [0.717, 1.165) is 34.8 Å².